The maximum absolute atomic E-state index is 11.7. The Morgan fingerprint density at radius 3 is 2.50 bits per heavy atom. The van der Waals surface area contributed by atoms with Gasteiger partial charge in [0.25, 0.3) is 5.91 Å². The first-order chi connectivity index (χ1) is 9.43. The topological polar surface area (TPSA) is 95.5 Å². The molecule has 0 spiro atoms. The maximum Gasteiger partial charge on any atom is 0.303 e. The van der Waals surface area contributed by atoms with Gasteiger partial charge in [0.2, 0.25) is 5.91 Å². The van der Waals surface area contributed by atoms with Gasteiger partial charge < -0.3 is 15.7 Å². The van der Waals surface area contributed by atoms with Crippen LogP contribution in [0.3, 0.4) is 0 Å². The molecule has 0 saturated carbocycles. The molecule has 0 fully saturated rings. The van der Waals surface area contributed by atoms with Crippen molar-refractivity contribution in [3.8, 4) is 0 Å². The fourth-order valence-corrected chi connectivity index (χ4v) is 1.59. The third-order valence-electron chi connectivity index (χ3n) is 2.68. The molecule has 0 aliphatic heterocycles. The number of carbonyl (C=O) groups excluding carboxylic acids is 2. The summed E-state index contributed by atoms with van der Waals surface area (Å²) in [4.78, 5) is 33.7. The number of anilines is 1. The molecule has 0 bridgehead atoms. The Morgan fingerprint density at radius 1 is 1.20 bits per heavy atom. The van der Waals surface area contributed by atoms with E-state index in [9.17, 15) is 14.4 Å². The van der Waals surface area contributed by atoms with Crippen molar-refractivity contribution in [3.63, 3.8) is 0 Å². The zero-order valence-corrected chi connectivity index (χ0v) is 11.5. The number of aliphatic carboxylic acids is 1. The van der Waals surface area contributed by atoms with Crippen molar-refractivity contribution in [1.82, 2.24) is 5.32 Å². The summed E-state index contributed by atoms with van der Waals surface area (Å²) in [6.45, 7) is 4.14. The summed E-state index contributed by atoms with van der Waals surface area (Å²) in [5.41, 5.74) is 1.77. The first-order valence-electron chi connectivity index (χ1n) is 6.34. The zero-order valence-electron chi connectivity index (χ0n) is 11.5. The van der Waals surface area contributed by atoms with E-state index in [0.29, 0.717) is 17.8 Å². The molecule has 2 amide bonds. The number of aryl methyl sites for hydroxylation is 1. The molecule has 1 aromatic rings. The Bertz CT molecular complexity index is 526. The molecule has 6 heteroatoms. The van der Waals surface area contributed by atoms with E-state index in [4.69, 9.17) is 5.11 Å². The summed E-state index contributed by atoms with van der Waals surface area (Å²) in [6, 6.07) is 4.99. The van der Waals surface area contributed by atoms with Crippen molar-refractivity contribution in [2.75, 3.05) is 11.9 Å². The van der Waals surface area contributed by atoms with Crippen LogP contribution in [0, 0.1) is 6.92 Å². The van der Waals surface area contributed by atoms with Crippen molar-refractivity contribution < 1.29 is 19.5 Å². The van der Waals surface area contributed by atoms with E-state index in [-0.39, 0.29) is 24.7 Å². The van der Waals surface area contributed by atoms with Gasteiger partial charge in [0.1, 0.15) is 0 Å². The number of carbonyl (C=O) groups is 3. The number of hydrogen-bond donors (Lipinski definition) is 3. The van der Waals surface area contributed by atoms with Crippen LogP contribution in [-0.2, 0) is 9.59 Å². The van der Waals surface area contributed by atoms with Crippen molar-refractivity contribution in [1.29, 1.82) is 0 Å². The first-order valence-corrected chi connectivity index (χ1v) is 6.34. The predicted octanol–water partition coefficient (Wildman–Crippen LogP) is 1.55. The third kappa shape index (κ3) is 4.72. The quantitative estimate of drug-likeness (QED) is 0.735. The summed E-state index contributed by atoms with van der Waals surface area (Å²) in [6.07, 6.45) is -0.318. The van der Waals surface area contributed by atoms with Gasteiger partial charge in [-0.2, -0.15) is 0 Å². The lowest BCUT2D eigenvalue weighted by Gasteiger charge is -2.10. The van der Waals surface area contributed by atoms with Crippen molar-refractivity contribution >= 4 is 23.5 Å². The molecule has 1 rings (SSSR count). The molecule has 0 heterocycles. The van der Waals surface area contributed by atoms with Crippen LogP contribution in [0.1, 0.15) is 35.7 Å². The predicted molar refractivity (Wildman–Crippen MR) is 74.7 cm³/mol. The fraction of sp³-hybridized carbons (Fsp3) is 0.357. The smallest absolute Gasteiger partial charge is 0.303 e. The Kier molecular flexibility index (Phi) is 5.71. The van der Waals surface area contributed by atoms with Gasteiger partial charge in [-0.05, 0) is 31.5 Å². The molecule has 6 nitrogen and oxygen atoms in total. The van der Waals surface area contributed by atoms with Crippen molar-refractivity contribution in [2.45, 2.75) is 26.7 Å². The van der Waals surface area contributed by atoms with Crippen LogP contribution in [0.15, 0.2) is 18.2 Å². The lowest BCUT2D eigenvalue weighted by molar-refractivity contribution is -0.138. The molecule has 0 aliphatic rings. The summed E-state index contributed by atoms with van der Waals surface area (Å²) in [5, 5.41) is 13.8. The SMILES string of the molecule is CCNC(=O)c1ccc(C)c(NC(=O)CCC(=O)O)c1. The van der Waals surface area contributed by atoms with E-state index in [2.05, 4.69) is 10.6 Å². The van der Waals surface area contributed by atoms with Crippen LogP contribution < -0.4 is 10.6 Å². The number of amides is 2. The molecule has 0 radical (unpaired) electrons. The maximum atomic E-state index is 11.7. The van der Waals surface area contributed by atoms with E-state index in [1.165, 1.54) is 0 Å². The van der Waals surface area contributed by atoms with Gasteiger partial charge in [-0.25, -0.2) is 0 Å². The largest absolute Gasteiger partial charge is 0.481 e. The Balaban J connectivity index is 2.78. The highest BCUT2D eigenvalue weighted by Gasteiger charge is 2.10. The van der Waals surface area contributed by atoms with Gasteiger partial charge in [0, 0.05) is 24.2 Å². The lowest BCUT2D eigenvalue weighted by atomic mass is 10.1. The lowest BCUT2D eigenvalue weighted by Crippen LogP contribution is -2.23. The average molecular weight is 278 g/mol. The molecular formula is C14H18N2O4. The van der Waals surface area contributed by atoms with E-state index in [1.54, 1.807) is 25.1 Å². The normalized spacial score (nSPS) is 9.90. The minimum absolute atomic E-state index is 0.0971. The molecule has 0 aliphatic carbocycles. The number of nitrogens with one attached hydrogen (secondary N) is 2. The average Bonchev–Trinajstić information content (AvgIpc) is 2.39. The van der Waals surface area contributed by atoms with Crippen LogP contribution >= 0.6 is 0 Å². The summed E-state index contributed by atoms with van der Waals surface area (Å²) >= 11 is 0. The molecule has 0 aromatic heterocycles. The highest BCUT2D eigenvalue weighted by molar-refractivity contribution is 5.98. The Morgan fingerprint density at radius 2 is 1.90 bits per heavy atom. The molecule has 20 heavy (non-hydrogen) atoms. The summed E-state index contributed by atoms with van der Waals surface area (Å²) in [7, 11) is 0. The van der Waals surface area contributed by atoms with Crippen LogP contribution in [0.25, 0.3) is 0 Å². The second kappa shape index (κ2) is 7.28. The van der Waals surface area contributed by atoms with Crippen molar-refractivity contribution in [2.24, 2.45) is 0 Å². The van der Waals surface area contributed by atoms with Gasteiger partial charge in [-0.3, -0.25) is 14.4 Å². The molecule has 3 N–H and O–H groups in total. The molecule has 0 saturated heterocycles. The van der Waals surface area contributed by atoms with Crippen LogP contribution in [0.2, 0.25) is 0 Å². The summed E-state index contributed by atoms with van der Waals surface area (Å²) < 4.78 is 0. The van der Waals surface area contributed by atoms with E-state index >= 15 is 0 Å². The van der Waals surface area contributed by atoms with Crippen LogP contribution in [0.5, 0.6) is 0 Å². The first kappa shape index (κ1) is 15.7. The number of carboxylic acid groups (broad SMARTS) is 1. The number of carboxylic acids is 1. The minimum Gasteiger partial charge on any atom is -0.481 e. The third-order valence-corrected chi connectivity index (χ3v) is 2.68. The standard InChI is InChI=1S/C14H18N2O4/c1-3-15-14(20)10-5-4-9(2)11(8-10)16-12(17)6-7-13(18)19/h4-5,8H,3,6-7H2,1-2H3,(H,15,20)(H,16,17)(H,18,19). The van der Waals surface area contributed by atoms with Gasteiger partial charge in [0.05, 0.1) is 6.42 Å². The Labute approximate surface area is 117 Å². The van der Waals surface area contributed by atoms with Gasteiger partial charge in [-0.15, -0.1) is 0 Å². The van der Waals surface area contributed by atoms with Gasteiger partial charge in [-0.1, -0.05) is 6.07 Å². The molecular weight excluding hydrogens is 260 g/mol. The monoisotopic (exact) mass is 278 g/mol. The minimum atomic E-state index is -1.02. The van der Waals surface area contributed by atoms with E-state index in [0.717, 1.165) is 5.56 Å². The second-order valence-electron chi connectivity index (χ2n) is 4.33. The van der Waals surface area contributed by atoms with Crippen LogP contribution in [0.4, 0.5) is 5.69 Å². The number of hydrogen-bond acceptors (Lipinski definition) is 3. The molecule has 0 unspecified atom stereocenters. The van der Waals surface area contributed by atoms with E-state index in [1.807, 2.05) is 6.92 Å². The number of benzene rings is 1. The van der Waals surface area contributed by atoms with Gasteiger partial charge >= 0.3 is 5.97 Å². The number of rotatable bonds is 6. The second-order valence-corrected chi connectivity index (χ2v) is 4.33. The van der Waals surface area contributed by atoms with Crippen LogP contribution in [-0.4, -0.2) is 29.4 Å². The van der Waals surface area contributed by atoms with E-state index < -0.39 is 5.97 Å². The zero-order chi connectivity index (χ0) is 15.1. The molecule has 108 valence electrons. The van der Waals surface area contributed by atoms with Crippen molar-refractivity contribution in [3.05, 3.63) is 29.3 Å². The highest BCUT2D eigenvalue weighted by atomic mass is 16.4. The Hall–Kier alpha value is -2.37. The molecule has 0 atom stereocenters. The summed E-state index contributed by atoms with van der Waals surface area (Å²) in [5.74, 6) is -1.62. The molecule has 1 aromatic carbocycles. The van der Waals surface area contributed by atoms with Gasteiger partial charge in [0.15, 0.2) is 0 Å². The fourth-order valence-electron chi connectivity index (χ4n) is 1.59. The highest BCUT2D eigenvalue weighted by Crippen LogP contribution is 2.17.